The maximum Gasteiger partial charge on any atom is 0.416 e. The summed E-state index contributed by atoms with van der Waals surface area (Å²) in [5.74, 6) is 0.554. The number of furan rings is 1. The first kappa shape index (κ1) is 26.3. The molecule has 0 aliphatic carbocycles. The van der Waals surface area contributed by atoms with E-state index in [9.17, 15) is 23.2 Å². The maximum absolute atomic E-state index is 13.1. The number of nitrogens with zero attached hydrogens (tertiary/aromatic N) is 4. The molecule has 1 aliphatic heterocycles. The Bertz CT molecular complexity index is 1290. The molecule has 1 fully saturated rings. The summed E-state index contributed by atoms with van der Waals surface area (Å²) in [6.45, 7) is 9.47. The first-order chi connectivity index (χ1) is 17.5. The van der Waals surface area contributed by atoms with Gasteiger partial charge < -0.3 is 14.2 Å². The van der Waals surface area contributed by atoms with Crippen LogP contribution in [-0.4, -0.2) is 41.5 Å². The summed E-state index contributed by atoms with van der Waals surface area (Å²) in [4.78, 5) is 21.9. The van der Waals surface area contributed by atoms with Gasteiger partial charge in [0.1, 0.15) is 18.2 Å². The van der Waals surface area contributed by atoms with Gasteiger partial charge in [-0.3, -0.25) is 4.79 Å². The number of alkyl halides is 3. The number of pyridine rings is 1. The second kappa shape index (κ2) is 10.3. The van der Waals surface area contributed by atoms with Crippen LogP contribution >= 0.6 is 0 Å². The molecule has 1 saturated heterocycles. The van der Waals surface area contributed by atoms with Crippen LogP contribution in [0.3, 0.4) is 0 Å². The van der Waals surface area contributed by atoms with Crippen molar-refractivity contribution in [2.75, 3.05) is 24.5 Å². The molecule has 0 spiro atoms. The van der Waals surface area contributed by atoms with Crippen LogP contribution in [0.5, 0.6) is 0 Å². The Hall–Kier alpha value is -3.80. The zero-order valence-electron chi connectivity index (χ0n) is 21.2. The van der Waals surface area contributed by atoms with E-state index in [4.69, 9.17) is 9.40 Å². The third kappa shape index (κ3) is 5.33. The molecule has 3 heterocycles. The highest BCUT2D eigenvalue weighted by Crippen LogP contribution is 2.36. The van der Waals surface area contributed by atoms with Crippen molar-refractivity contribution in [1.29, 1.82) is 5.26 Å². The fourth-order valence-electron chi connectivity index (χ4n) is 4.73. The lowest BCUT2D eigenvalue weighted by atomic mass is 9.94. The summed E-state index contributed by atoms with van der Waals surface area (Å²) in [5, 5.41) is 10.0. The summed E-state index contributed by atoms with van der Waals surface area (Å²) >= 11 is 0. The quantitative estimate of drug-likeness (QED) is 0.400. The zero-order valence-corrected chi connectivity index (χ0v) is 21.2. The van der Waals surface area contributed by atoms with E-state index in [0.29, 0.717) is 53.4 Å². The van der Waals surface area contributed by atoms with Gasteiger partial charge in [-0.05, 0) is 41.7 Å². The third-order valence-corrected chi connectivity index (χ3v) is 6.74. The molecule has 1 aliphatic rings. The van der Waals surface area contributed by atoms with Gasteiger partial charge in [0.05, 0.1) is 34.7 Å². The van der Waals surface area contributed by atoms with Crippen LogP contribution in [-0.2, 0) is 6.18 Å². The minimum atomic E-state index is -4.42. The number of hydrogen-bond donors (Lipinski definition) is 0. The van der Waals surface area contributed by atoms with Crippen LogP contribution in [0.15, 0.2) is 53.3 Å². The Balaban J connectivity index is 1.69. The van der Waals surface area contributed by atoms with Crippen molar-refractivity contribution in [2.24, 2.45) is 5.92 Å². The molecular weight excluding hydrogens is 481 g/mol. The Labute approximate surface area is 214 Å². The highest BCUT2D eigenvalue weighted by Gasteiger charge is 2.35. The highest BCUT2D eigenvalue weighted by atomic mass is 19.4. The Morgan fingerprint density at radius 3 is 2.38 bits per heavy atom. The SMILES string of the molecule is CC(C)c1nc(N2CCN(C(=O)c3ccoc3)[C@H](C(C)C)C2)c(C#N)cc1-c1ccc(C(F)(F)F)cc1. The van der Waals surface area contributed by atoms with Crippen LogP contribution in [0, 0.1) is 17.2 Å². The monoisotopic (exact) mass is 510 g/mol. The topological polar surface area (TPSA) is 73.4 Å². The predicted molar refractivity (Wildman–Crippen MR) is 134 cm³/mol. The van der Waals surface area contributed by atoms with Gasteiger partial charge in [0.2, 0.25) is 0 Å². The van der Waals surface area contributed by atoms with Gasteiger partial charge in [0.25, 0.3) is 5.91 Å². The fourth-order valence-corrected chi connectivity index (χ4v) is 4.73. The van der Waals surface area contributed by atoms with Crippen LogP contribution < -0.4 is 4.90 Å². The van der Waals surface area contributed by atoms with Gasteiger partial charge in [-0.25, -0.2) is 4.98 Å². The molecule has 3 aromatic rings. The summed E-state index contributed by atoms with van der Waals surface area (Å²) < 4.78 is 44.3. The maximum atomic E-state index is 13.1. The van der Waals surface area contributed by atoms with E-state index in [1.807, 2.05) is 23.6 Å². The van der Waals surface area contributed by atoms with E-state index in [1.165, 1.54) is 24.7 Å². The molecule has 37 heavy (non-hydrogen) atoms. The number of amides is 1. The van der Waals surface area contributed by atoms with Crippen LogP contribution in [0.2, 0.25) is 0 Å². The van der Waals surface area contributed by atoms with Gasteiger partial charge in [-0.2, -0.15) is 18.4 Å². The third-order valence-electron chi connectivity index (χ3n) is 6.74. The lowest BCUT2D eigenvalue weighted by Crippen LogP contribution is -2.57. The number of carbonyl (C=O) groups excluding carboxylic acids is 1. The van der Waals surface area contributed by atoms with Gasteiger partial charge in [-0.15, -0.1) is 0 Å². The van der Waals surface area contributed by atoms with E-state index in [0.717, 1.165) is 12.1 Å². The van der Waals surface area contributed by atoms with Crippen molar-refractivity contribution in [3.8, 4) is 17.2 Å². The van der Waals surface area contributed by atoms with Crippen molar-refractivity contribution >= 4 is 11.7 Å². The van der Waals surface area contributed by atoms with E-state index in [-0.39, 0.29) is 23.8 Å². The number of nitriles is 1. The minimum Gasteiger partial charge on any atom is -0.472 e. The Kier molecular flexibility index (Phi) is 7.30. The number of carbonyl (C=O) groups is 1. The molecule has 0 unspecified atom stereocenters. The van der Waals surface area contributed by atoms with Crippen molar-refractivity contribution in [3.05, 3.63) is 71.3 Å². The first-order valence-corrected chi connectivity index (χ1v) is 12.2. The molecule has 0 saturated carbocycles. The lowest BCUT2D eigenvalue weighted by Gasteiger charge is -2.44. The second-order valence-corrected chi connectivity index (χ2v) is 9.90. The number of anilines is 1. The molecule has 2 aromatic heterocycles. The van der Waals surface area contributed by atoms with E-state index in [1.54, 1.807) is 12.1 Å². The number of benzene rings is 1. The molecule has 1 aromatic carbocycles. The molecule has 0 bridgehead atoms. The predicted octanol–water partition coefficient (Wildman–Crippen LogP) is 6.34. The molecule has 194 valence electrons. The highest BCUT2D eigenvalue weighted by molar-refractivity contribution is 5.94. The van der Waals surface area contributed by atoms with E-state index >= 15 is 0 Å². The standard InChI is InChI=1S/C28H29F3N4O2/c1-17(2)24-15-34(10-11-35(24)27(36)20-9-12-37-16-20)26-21(14-32)13-23(25(33-26)18(3)4)19-5-7-22(8-6-19)28(29,30)31/h5-9,12-13,16-18,24H,10-11,15H2,1-4H3/t24-/m0/s1. The molecule has 4 rings (SSSR count). The van der Waals surface area contributed by atoms with Crippen LogP contribution in [0.1, 0.15) is 60.8 Å². The molecule has 1 atom stereocenters. The van der Waals surface area contributed by atoms with Crippen LogP contribution in [0.4, 0.5) is 19.0 Å². The molecule has 9 heteroatoms. The van der Waals surface area contributed by atoms with E-state index < -0.39 is 11.7 Å². The summed E-state index contributed by atoms with van der Waals surface area (Å²) in [6.07, 6.45) is -1.51. The minimum absolute atomic E-state index is 0.0337. The molecular formula is C28H29F3N4O2. The molecule has 1 amide bonds. The Morgan fingerprint density at radius 1 is 1.14 bits per heavy atom. The number of aromatic nitrogens is 1. The smallest absolute Gasteiger partial charge is 0.416 e. The van der Waals surface area contributed by atoms with Gasteiger partial charge in [-0.1, -0.05) is 39.8 Å². The van der Waals surface area contributed by atoms with Crippen LogP contribution in [0.25, 0.3) is 11.1 Å². The number of halogens is 3. The van der Waals surface area contributed by atoms with Crippen molar-refractivity contribution in [3.63, 3.8) is 0 Å². The number of piperazine rings is 1. The normalized spacial score (nSPS) is 16.4. The number of hydrogen-bond acceptors (Lipinski definition) is 5. The Morgan fingerprint density at radius 2 is 1.84 bits per heavy atom. The van der Waals surface area contributed by atoms with Crippen molar-refractivity contribution in [1.82, 2.24) is 9.88 Å². The molecule has 6 nitrogen and oxygen atoms in total. The average Bonchev–Trinajstić information content (AvgIpc) is 3.41. The van der Waals surface area contributed by atoms with E-state index in [2.05, 4.69) is 19.9 Å². The number of rotatable bonds is 5. The van der Waals surface area contributed by atoms with Gasteiger partial charge in [0.15, 0.2) is 0 Å². The molecule has 0 N–H and O–H groups in total. The van der Waals surface area contributed by atoms with Gasteiger partial charge in [0, 0.05) is 25.2 Å². The summed E-state index contributed by atoms with van der Waals surface area (Å²) in [5.41, 5.74) is 2.03. The lowest BCUT2D eigenvalue weighted by molar-refractivity contribution is -0.137. The fraction of sp³-hybridized carbons (Fsp3) is 0.393. The van der Waals surface area contributed by atoms with Crippen molar-refractivity contribution in [2.45, 2.75) is 45.8 Å². The summed E-state index contributed by atoms with van der Waals surface area (Å²) in [6, 6.07) is 10.4. The largest absolute Gasteiger partial charge is 0.472 e. The van der Waals surface area contributed by atoms with Gasteiger partial charge >= 0.3 is 6.18 Å². The van der Waals surface area contributed by atoms with Crippen molar-refractivity contribution < 1.29 is 22.4 Å². The average molecular weight is 511 g/mol. The zero-order chi connectivity index (χ0) is 26.9. The summed E-state index contributed by atoms with van der Waals surface area (Å²) in [7, 11) is 0. The second-order valence-electron chi connectivity index (χ2n) is 9.90. The first-order valence-electron chi connectivity index (χ1n) is 12.2. The molecule has 0 radical (unpaired) electrons.